The van der Waals surface area contributed by atoms with Crippen molar-refractivity contribution in [3.63, 3.8) is 0 Å². The minimum atomic E-state index is -0.366. The van der Waals surface area contributed by atoms with Gasteiger partial charge < -0.3 is 4.74 Å². The molecule has 25 heavy (non-hydrogen) atoms. The van der Waals surface area contributed by atoms with Crippen LogP contribution in [-0.4, -0.2) is 22.5 Å². The Morgan fingerprint density at radius 2 is 2.00 bits per heavy atom. The first-order chi connectivity index (χ1) is 12.0. The molecule has 3 aromatic rings. The number of benzene rings is 1. The quantitative estimate of drug-likeness (QED) is 0.584. The maximum absolute atomic E-state index is 12.0. The molecule has 0 saturated carbocycles. The molecule has 128 valence electrons. The molecule has 0 fully saturated rings. The van der Waals surface area contributed by atoms with Crippen molar-refractivity contribution < 1.29 is 9.53 Å². The van der Waals surface area contributed by atoms with Crippen LogP contribution >= 0.6 is 46.1 Å². The summed E-state index contributed by atoms with van der Waals surface area (Å²) in [6.45, 7) is -0.237. The first-order valence-electron chi connectivity index (χ1n) is 6.96. The highest BCUT2D eigenvalue weighted by Crippen LogP contribution is 2.33. The lowest BCUT2D eigenvalue weighted by Gasteiger charge is -2.08. The summed E-state index contributed by atoms with van der Waals surface area (Å²) in [5.41, 5.74) is 1.61. The number of hydrogen-bond donors (Lipinski definition) is 1. The predicted octanol–water partition coefficient (Wildman–Crippen LogP) is 5.18. The molecule has 0 bridgehead atoms. The number of nitrogens with one attached hydrogen (secondary N) is 1. The first kappa shape index (κ1) is 17.9. The zero-order chi connectivity index (χ0) is 17.8. The average Bonchev–Trinajstić information content (AvgIpc) is 3.06. The van der Waals surface area contributed by atoms with Gasteiger partial charge in [0.2, 0.25) is 0 Å². The molecule has 2 heterocycles. The molecule has 3 rings (SSSR count). The van der Waals surface area contributed by atoms with Gasteiger partial charge in [0.05, 0.1) is 20.8 Å². The van der Waals surface area contributed by atoms with E-state index in [2.05, 4.69) is 15.3 Å². The molecule has 0 radical (unpaired) electrons. The minimum absolute atomic E-state index is 0.237. The van der Waals surface area contributed by atoms with Crippen LogP contribution in [-0.2, 0) is 4.79 Å². The van der Waals surface area contributed by atoms with Gasteiger partial charge in [-0.25, -0.2) is 4.98 Å². The average molecular weight is 415 g/mol. The summed E-state index contributed by atoms with van der Waals surface area (Å²) in [6.07, 6.45) is 3.39. The lowest BCUT2D eigenvalue weighted by molar-refractivity contribution is -0.118. The fourth-order valence-corrected chi connectivity index (χ4v) is 3.22. The number of carbonyl (C=O) groups is 1. The second kappa shape index (κ2) is 8.01. The number of pyridine rings is 1. The normalized spacial score (nSPS) is 10.5. The fraction of sp³-hybridized carbons (Fsp3) is 0.0625. The van der Waals surface area contributed by atoms with E-state index in [0.29, 0.717) is 15.2 Å². The largest absolute Gasteiger partial charge is 0.482 e. The third kappa shape index (κ3) is 4.61. The van der Waals surface area contributed by atoms with Crippen LogP contribution in [0.5, 0.6) is 5.75 Å². The van der Waals surface area contributed by atoms with Crippen LogP contribution in [0, 0.1) is 0 Å². The first-order valence-corrected chi connectivity index (χ1v) is 8.97. The molecule has 1 amide bonds. The smallest absolute Gasteiger partial charge is 0.264 e. The number of carbonyl (C=O) groups excluding carboxylic acids is 1. The highest BCUT2D eigenvalue weighted by atomic mass is 35.5. The van der Waals surface area contributed by atoms with Gasteiger partial charge in [-0.15, -0.1) is 11.3 Å². The van der Waals surface area contributed by atoms with Gasteiger partial charge in [0.25, 0.3) is 5.91 Å². The van der Waals surface area contributed by atoms with Crippen molar-refractivity contribution in [2.75, 3.05) is 11.9 Å². The monoisotopic (exact) mass is 413 g/mol. The van der Waals surface area contributed by atoms with Gasteiger partial charge in [0.1, 0.15) is 5.75 Å². The van der Waals surface area contributed by atoms with Gasteiger partial charge in [-0.1, -0.05) is 34.8 Å². The Kier molecular flexibility index (Phi) is 5.75. The summed E-state index contributed by atoms with van der Waals surface area (Å²) in [6, 6.07) is 6.63. The molecule has 0 aliphatic heterocycles. The Labute approximate surface area is 162 Å². The standard InChI is InChI=1S/C16H10Cl3N3O2S/c17-10-4-12(19)14(5-11(10)18)24-7-15(23)22-16-21-13(8-25-16)9-2-1-3-20-6-9/h1-6,8H,7H2,(H,21,22,23). The number of hydrogen-bond acceptors (Lipinski definition) is 5. The maximum Gasteiger partial charge on any atom is 0.264 e. The third-order valence-corrected chi connectivity index (χ3v) is 4.82. The molecule has 0 aliphatic carbocycles. The number of aromatic nitrogens is 2. The van der Waals surface area contributed by atoms with E-state index in [1.54, 1.807) is 12.4 Å². The topological polar surface area (TPSA) is 64.1 Å². The summed E-state index contributed by atoms with van der Waals surface area (Å²) >= 11 is 19.1. The van der Waals surface area contributed by atoms with Crippen LogP contribution in [0.4, 0.5) is 5.13 Å². The van der Waals surface area contributed by atoms with Crippen LogP contribution in [0.3, 0.4) is 0 Å². The van der Waals surface area contributed by atoms with Gasteiger partial charge in [0, 0.05) is 29.4 Å². The SMILES string of the molecule is O=C(COc1cc(Cl)c(Cl)cc1Cl)Nc1nc(-c2cccnc2)cs1. The molecule has 0 saturated heterocycles. The summed E-state index contributed by atoms with van der Waals surface area (Å²) in [7, 11) is 0. The van der Waals surface area contributed by atoms with Crippen LogP contribution in [0.15, 0.2) is 42.0 Å². The fourth-order valence-electron chi connectivity index (χ4n) is 1.89. The van der Waals surface area contributed by atoms with Gasteiger partial charge in [-0.2, -0.15) is 0 Å². The summed E-state index contributed by atoms with van der Waals surface area (Å²) in [5.74, 6) is -0.0874. The Balaban J connectivity index is 1.60. The predicted molar refractivity (Wildman–Crippen MR) is 101 cm³/mol. The van der Waals surface area contributed by atoms with E-state index in [9.17, 15) is 4.79 Å². The molecule has 9 heteroatoms. The van der Waals surface area contributed by atoms with E-state index >= 15 is 0 Å². The third-order valence-electron chi connectivity index (χ3n) is 3.04. The van der Waals surface area contributed by atoms with Gasteiger partial charge in [-0.05, 0) is 18.2 Å². The van der Waals surface area contributed by atoms with Gasteiger partial charge in [0.15, 0.2) is 11.7 Å². The number of amides is 1. The molecule has 0 unspecified atom stereocenters. The molecule has 0 atom stereocenters. The van der Waals surface area contributed by atoms with Gasteiger partial charge >= 0.3 is 0 Å². The molecular formula is C16H10Cl3N3O2S. The van der Waals surface area contributed by atoms with E-state index in [1.807, 2.05) is 17.5 Å². The second-order valence-electron chi connectivity index (χ2n) is 4.81. The van der Waals surface area contributed by atoms with Crippen LogP contribution in [0.2, 0.25) is 15.1 Å². The lowest BCUT2D eigenvalue weighted by atomic mass is 10.2. The van der Waals surface area contributed by atoms with Crippen LogP contribution in [0.1, 0.15) is 0 Å². The molecular weight excluding hydrogens is 405 g/mol. The van der Waals surface area contributed by atoms with Crippen molar-refractivity contribution in [2.24, 2.45) is 0 Å². The zero-order valence-electron chi connectivity index (χ0n) is 12.5. The maximum atomic E-state index is 12.0. The van der Waals surface area contributed by atoms with Gasteiger partial charge in [-0.3, -0.25) is 15.1 Å². The van der Waals surface area contributed by atoms with E-state index < -0.39 is 0 Å². The number of rotatable bonds is 5. The number of halogens is 3. The number of nitrogens with zero attached hydrogens (tertiary/aromatic N) is 2. The van der Waals surface area contributed by atoms with Crippen molar-refractivity contribution in [1.29, 1.82) is 0 Å². The van der Waals surface area contributed by atoms with Crippen LogP contribution in [0.25, 0.3) is 11.3 Å². The van der Waals surface area contributed by atoms with Crippen molar-refractivity contribution in [2.45, 2.75) is 0 Å². The van der Waals surface area contributed by atoms with Crippen molar-refractivity contribution >= 4 is 57.2 Å². The van der Waals surface area contributed by atoms with Crippen LogP contribution < -0.4 is 10.1 Å². The van der Waals surface area contributed by atoms with E-state index in [0.717, 1.165) is 11.3 Å². The lowest BCUT2D eigenvalue weighted by Crippen LogP contribution is -2.20. The molecule has 5 nitrogen and oxygen atoms in total. The molecule has 0 aliphatic rings. The Bertz CT molecular complexity index is 903. The number of ether oxygens (including phenoxy) is 1. The number of thiazole rings is 1. The molecule has 0 spiro atoms. The minimum Gasteiger partial charge on any atom is -0.482 e. The highest BCUT2D eigenvalue weighted by Gasteiger charge is 2.11. The van der Waals surface area contributed by atoms with E-state index in [4.69, 9.17) is 39.5 Å². The van der Waals surface area contributed by atoms with Crippen molar-refractivity contribution in [1.82, 2.24) is 9.97 Å². The van der Waals surface area contributed by atoms with Crippen molar-refractivity contribution in [3.8, 4) is 17.0 Å². The Morgan fingerprint density at radius 3 is 2.76 bits per heavy atom. The molecule has 1 aromatic carbocycles. The van der Waals surface area contributed by atoms with E-state index in [-0.39, 0.29) is 23.3 Å². The second-order valence-corrected chi connectivity index (χ2v) is 6.89. The number of anilines is 1. The Morgan fingerprint density at radius 1 is 1.20 bits per heavy atom. The highest BCUT2D eigenvalue weighted by molar-refractivity contribution is 7.14. The molecule has 2 aromatic heterocycles. The van der Waals surface area contributed by atoms with Crippen molar-refractivity contribution in [3.05, 3.63) is 57.1 Å². The molecule has 1 N–H and O–H groups in total. The summed E-state index contributed by atoms with van der Waals surface area (Å²) in [4.78, 5) is 20.4. The van der Waals surface area contributed by atoms with E-state index in [1.165, 1.54) is 23.5 Å². The Hall–Kier alpha value is -1.86. The zero-order valence-corrected chi connectivity index (χ0v) is 15.6. The summed E-state index contributed by atoms with van der Waals surface area (Å²) < 4.78 is 5.38. The summed E-state index contributed by atoms with van der Waals surface area (Å²) in [5, 5.41) is 5.85.